The van der Waals surface area contributed by atoms with E-state index in [1.807, 2.05) is 27.2 Å². The van der Waals surface area contributed by atoms with E-state index >= 15 is 0 Å². The summed E-state index contributed by atoms with van der Waals surface area (Å²) in [4.78, 5) is 23.3. The Kier molecular flexibility index (Phi) is 53.1. The number of rotatable bonds is 57. The number of aliphatic hydroxyl groups excluding tert-OH is 1. The topological polar surface area (TPSA) is 105 Å². The summed E-state index contributed by atoms with van der Waals surface area (Å²) in [5, 5.41) is 13.9. The number of carbonyl (C=O) groups is 1. The quantitative estimate of drug-likeness (QED) is 0.0243. The van der Waals surface area contributed by atoms with Crippen LogP contribution in [0.1, 0.15) is 296 Å². The second-order valence-electron chi connectivity index (χ2n) is 22.4. The maximum absolute atomic E-state index is 13.0. The first-order chi connectivity index (χ1) is 35.0. The number of unbranched alkanes of at least 4 members (excludes halogenated alkanes) is 38. The van der Waals surface area contributed by atoms with Gasteiger partial charge in [-0.3, -0.25) is 13.8 Å². The molecular formula is C63H122N2O6P+. The molecule has 0 radical (unpaired) electrons. The SMILES string of the molecule is CCCCCCCCCCC/C=C\C/C=C\CCCCCCCCCCCCCCCCCC(=O)NC(COP(=O)(O)OCC[N+](C)(C)C)C(O)/C=C/CC/C=C/CCCCCCCCCCCCCCC. The Morgan fingerprint density at radius 2 is 0.806 bits per heavy atom. The predicted octanol–water partition coefficient (Wildman–Crippen LogP) is 19.1. The first-order valence-electron chi connectivity index (χ1n) is 31.0. The molecule has 0 rings (SSSR count). The highest BCUT2D eigenvalue weighted by atomic mass is 31.2. The molecule has 0 aliphatic carbocycles. The molecule has 0 aromatic carbocycles. The minimum atomic E-state index is -4.36. The Hall–Kier alpha value is -1.54. The Balaban J connectivity index is 4.13. The monoisotopic (exact) mass is 1030 g/mol. The molecule has 8 nitrogen and oxygen atoms in total. The van der Waals surface area contributed by atoms with Crippen LogP contribution in [0, 0.1) is 0 Å². The third-order valence-electron chi connectivity index (χ3n) is 14.0. The Labute approximate surface area is 448 Å². The van der Waals surface area contributed by atoms with Crippen molar-refractivity contribution < 1.29 is 32.9 Å². The molecular weight excluding hydrogens is 912 g/mol. The van der Waals surface area contributed by atoms with Crippen LogP contribution in [0.4, 0.5) is 0 Å². The average molecular weight is 1030 g/mol. The van der Waals surface area contributed by atoms with E-state index in [4.69, 9.17) is 9.05 Å². The normalized spacial score (nSPS) is 14.2. The zero-order valence-corrected chi connectivity index (χ0v) is 49.3. The zero-order valence-electron chi connectivity index (χ0n) is 48.4. The van der Waals surface area contributed by atoms with Gasteiger partial charge in [0, 0.05) is 6.42 Å². The lowest BCUT2D eigenvalue weighted by molar-refractivity contribution is -0.870. The van der Waals surface area contributed by atoms with E-state index < -0.39 is 20.0 Å². The Bertz CT molecular complexity index is 1310. The van der Waals surface area contributed by atoms with Crippen LogP contribution in [0.15, 0.2) is 48.6 Å². The summed E-state index contributed by atoms with van der Waals surface area (Å²) >= 11 is 0. The highest BCUT2D eigenvalue weighted by Gasteiger charge is 2.27. The maximum Gasteiger partial charge on any atom is 0.472 e. The molecule has 0 aliphatic heterocycles. The lowest BCUT2D eigenvalue weighted by Gasteiger charge is -2.25. The fraction of sp³-hybridized carbons (Fsp3) is 0.857. The van der Waals surface area contributed by atoms with Gasteiger partial charge in [0.15, 0.2) is 0 Å². The molecule has 0 aliphatic rings. The number of quaternary nitrogens is 1. The number of phosphoric ester groups is 1. The summed E-state index contributed by atoms with van der Waals surface area (Å²) in [6.45, 7) is 4.83. The van der Waals surface area contributed by atoms with Crippen molar-refractivity contribution in [3.63, 3.8) is 0 Å². The fourth-order valence-corrected chi connectivity index (χ4v) is 9.89. The van der Waals surface area contributed by atoms with Gasteiger partial charge in [-0.15, -0.1) is 0 Å². The van der Waals surface area contributed by atoms with Crippen molar-refractivity contribution in [1.29, 1.82) is 0 Å². The molecule has 72 heavy (non-hydrogen) atoms. The number of phosphoric acid groups is 1. The molecule has 424 valence electrons. The van der Waals surface area contributed by atoms with Crippen LogP contribution in [0.2, 0.25) is 0 Å². The molecule has 3 N–H and O–H groups in total. The predicted molar refractivity (Wildman–Crippen MR) is 314 cm³/mol. The van der Waals surface area contributed by atoms with Gasteiger partial charge in [-0.1, -0.05) is 274 Å². The largest absolute Gasteiger partial charge is 0.472 e. The molecule has 0 aromatic heterocycles. The summed E-state index contributed by atoms with van der Waals surface area (Å²) in [5.41, 5.74) is 0. The van der Waals surface area contributed by atoms with Crippen molar-refractivity contribution in [1.82, 2.24) is 5.32 Å². The lowest BCUT2D eigenvalue weighted by atomic mass is 10.0. The van der Waals surface area contributed by atoms with E-state index in [1.54, 1.807) is 6.08 Å². The number of hydrogen-bond acceptors (Lipinski definition) is 5. The van der Waals surface area contributed by atoms with Crippen molar-refractivity contribution in [3.8, 4) is 0 Å². The van der Waals surface area contributed by atoms with Crippen molar-refractivity contribution in [2.75, 3.05) is 40.9 Å². The second-order valence-corrected chi connectivity index (χ2v) is 23.9. The highest BCUT2D eigenvalue weighted by molar-refractivity contribution is 7.47. The van der Waals surface area contributed by atoms with Crippen LogP contribution in [0.25, 0.3) is 0 Å². The smallest absolute Gasteiger partial charge is 0.387 e. The van der Waals surface area contributed by atoms with Crippen LogP contribution < -0.4 is 5.32 Å². The van der Waals surface area contributed by atoms with Crippen molar-refractivity contribution >= 4 is 13.7 Å². The molecule has 0 saturated carbocycles. The minimum absolute atomic E-state index is 0.0563. The number of nitrogens with zero attached hydrogens (tertiary/aromatic N) is 1. The summed E-state index contributed by atoms with van der Waals surface area (Å²) in [7, 11) is 1.56. The summed E-state index contributed by atoms with van der Waals surface area (Å²) in [5.74, 6) is -0.184. The molecule has 3 unspecified atom stereocenters. The van der Waals surface area contributed by atoms with Crippen molar-refractivity contribution in [2.45, 2.75) is 309 Å². The van der Waals surface area contributed by atoms with Crippen LogP contribution >= 0.6 is 7.82 Å². The van der Waals surface area contributed by atoms with E-state index in [1.165, 1.54) is 231 Å². The number of nitrogens with one attached hydrogen (secondary N) is 1. The van der Waals surface area contributed by atoms with E-state index in [-0.39, 0.29) is 19.1 Å². The van der Waals surface area contributed by atoms with Gasteiger partial charge in [-0.25, -0.2) is 4.57 Å². The van der Waals surface area contributed by atoms with Gasteiger partial charge in [0.2, 0.25) is 5.91 Å². The molecule has 0 saturated heterocycles. The van der Waals surface area contributed by atoms with Gasteiger partial charge < -0.3 is 19.8 Å². The lowest BCUT2D eigenvalue weighted by Crippen LogP contribution is -2.45. The minimum Gasteiger partial charge on any atom is -0.387 e. The summed E-state index contributed by atoms with van der Waals surface area (Å²) in [6, 6.07) is -0.864. The van der Waals surface area contributed by atoms with E-state index in [0.717, 1.165) is 44.9 Å². The van der Waals surface area contributed by atoms with Crippen molar-refractivity contribution in [2.24, 2.45) is 0 Å². The number of hydrogen-bond donors (Lipinski definition) is 3. The van der Waals surface area contributed by atoms with Gasteiger partial charge in [-0.2, -0.15) is 0 Å². The van der Waals surface area contributed by atoms with E-state index in [9.17, 15) is 19.4 Å². The molecule has 1 amide bonds. The maximum atomic E-state index is 13.0. The first-order valence-corrected chi connectivity index (χ1v) is 32.5. The number of allylic oxidation sites excluding steroid dienone is 7. The number of aliphatic hydroxyl groups is 1. The zero-order chi connectivity index (χ0) is 52.7. The van der Waals surface area contributed by atoms with Gasteiger partial charge in [0.25, 0.3) is 0 Å². The van der Waals surface area contributed by atoms with Gasteiger partial charge in [0.1, 0.15) is 13.2 Å². The van der Waals surface area contributed by atoms with Crippen LogP contribution in [0.5, 0.6) is 0 Å². The Morgan fingerprint density at radius 3 is 1.19 bits per heavy atom. The number of carbonyl (C=O) groups excluding carboxylic acids is 1. The molecule has 0 aromatic rings. The Morgan fingerprint density at radius 1 is 0.472 bits per heavy atom. The van der Waals surface area contributed by atoms with Gasteiger partial charge in [-0.05, 0) is 64.2 Å². The first kappa shape index (κ1) is 70.5. The van der Waals surface area contributed by atoms with Gasteiger partial charge >= 0.3 is 7.82 Å². The van der Waals surface area contributed by atoms with Gasteiger partial charge in [0.05, 0.1) is 39.9 Å². The molecule has 0 bridgehead atoms. The van der Waals surface area contributed by atoms with E-state index in [2.05, 4.69) is 55.6 Å². The second kappa shape index (κ2) is 54.3. The number of amides is 1. The van der Waals surface area contributed by atoms with Crippen LogP contribution in [-0.4, -0.2) is 73.4 Å². The number of likely N-dealkylation sites (N-methyl/N-ethyl adjacent to an activating group) is 1. The summed E-state index contributed by atoms with van der Waals surface area (Å²) < 4.78 is 23.7. The standard InChI is InChI=1S/C63H121N2O6P/c1-6-8-10-12-14-16-18-20-22-24-26-27-28-29-30-31-32-33-34-35-36-37-39-41-43-45-47-49-51-53-55-57-63(67)64-61(60-71-72(68,69)70-59-58-65(3,4)5)62(66)56-54-52-50-48-46-44-42-40-38-25-23-21-19-17-15-13-11-9-7-2/h26-27,29-30,46,48,54,56,61-62,66H,6-25,28,31-45,47,49-53,55,57-60H2,1-5H3,(H-,64,67,68,69)/p+1/b27-26-,30-29-,48-46+,56-54+. The molecule has 3 atom stereocenters. The fourth-order valence-electron chi connectivity index (χ4n) is 9.15. The summed E-state index contributed by atoms with van der Waals surface area (Å²) in [6.07, 6.45) is 72.3. The molecule has 0 fully saturated rings. The molecule has 0 heterocycles. The molecule has 0 spiro atoms. The third kappa shape index (κ3) is 56.2. The van der Waals surface area contributed by atoms with Crippen LogP contribution in [0.3, 0.4) is 0 Å². The van der Waals surface area contributed by atoms with Crippen molar-refractivity contribution in [3.05, 3.63) is 48.6 Å². The average Bonchev–Trinajstić information content (AvgIpc) is 3.34. The third-order valence-corrected chi connectivity index (χ3v) is 15.0. The van der Waals surface area contributed by atoms with E-state index in [0.29, 0.717) is 17.4 Å². The highest BCUT2D eigenvalue weighted by Crippen LogP contribution is 2.43. The van der Waals surface area contributed by atoms with Crippen LogP contribution in [-0.2, 0) is 18.4 Å². The molecule has 9 heteroatoms.